The summed E-state index contributed by atoms with van der Waals surface area (Å²) in [5.41, 5.74) is 2.82. The van der Waals surface area contributed by atoms with Crippen LogP contribution in [0, 0.1) is 6.92 Å². The molecule has 0 aliphatic carbocycles. The van der Waals surface area contributed by atoms with Crippen molar-refractivity contribution in [3.63, 3.8) is 0 Å². The lowest BCUT2D eigenvalue weighted by Crippen LogP contribution is -2.28. The van der Waals surface area contributed by atoms with Gasteiger partial charge in [0, 0.05) is 30.3 Å². The van der Waals surface area contributed by atoms with Crippen molar-refractivity contribution in [3.05, 3.63) is 95.3 Å². The number of nitrogens with one attached hydrogen (secondary N) is 2. The number of carbonyl (C=O) groups excluding carboxylic acids is 2. The fraction of sp³-hybridized carbons (Fsp3) is 0.200. The molecule has 2 N–H and O–H groups in total. The third-order valence-corrected chi connectivity index (χ3v) is 7.41. The first-order chi connectivity index (χ1) is 16.3. The van der Waals surface area contributed by atoms with Gasteiger partial charge in [0.1, 0.15) is 5.76 Å². The number of fused-ring (bicyclic) bond motifs is 1. The highest BCUT2D eigenvalue weighted by molar-refractivity contribution is 7.89. The van der Waals surface area contributed by atoms with Crippen molar-refractivity contribution in [2.75, 3.05) is 11.9 Å². The maximum Gasteiger partial charge on any atom is 0.251 e. The number of aryl methyl sites for hydroxylation is 1. The summed E-state index contributed by atoms with van der Waals surface area (Å²) in [6.07, 6.45) is 1.83. The Balaban J connectivity index is 1.41. The molecule has 0 bridgehead atoms. The standard InChI is InChI=1S/C25H25N3O5S/c1-3-23(29)27-24-14-19-15-28(16-22(19)33-24)34(31,32)20-9-10-21(17(2)13-20)25(30)26-12-11-18-7-5-4-6-8-18/h3-10,13-14H,1,11-12,15-16H2,2H3,(H,26,30)(H,27,29). The molecule has 2 amide bonds. The van der Waals surface area contributed by atoms with Gasteiger partial charge in [0.05, 0.1) is 11.4 Å². The van der Waals surface area contributed by atoms with Crippen molar-refractivity contribution in [1.82, 2.24) is 9.62 Å². The lowest BCUT2D eigenvalue weighted by molar-refractivity contribution is -0.112. The van der Waals surface area contributed by atoms with E-state index in [2.05, 4.69) is 17.2 Å². The van der Waals surface area contributed by atoms with Gasteiger partial charge in [-0.1, -0.05) is 36.9 Å². The van der Waals surface area contributed by atoms with E-state index in [-0.39, 0.29) is 29.8 Å². The van der Waals surface area contributed by atoms with Crippen LogP contribution in [0.1, 0.15) is 32.8 Å². The lowest BCUT2D eigenvalue weighted by atomic mass is 10.1. The molecule has 0 fully saturated rings. The van der Waals surface area contributed by atoms with Crippen LogP contribution in [0.2, 0.25) is 0 Å². The number of benzene rings is 2. The van der Waals surface area contributed by atoms with Crippen molar-refractivity contribution in [2.45, 2.75) is 31.3 Å². The molecule has 2 heterocycles. The quantitative estimate of drug-likeness (QED) is 0.482. The Morgan fingerprint density at radius 1 is 1.12 bits per heavy atom. The summed E-state index contributed by atoms with van der Waals surface area (Å²) in [7, 11) is -3.80. The zero-order chi connectivity index (χ0) is 24.3. The van der Waals surface area contributed by atoms with Crippen LogP contribution in [0.3, 0.4) is 0 Å². The molecule has 0 spiro atoms. The first kappa shape index (κ1) is 23.5. The van der Waals surface area contributed by atoms with Crippen LogP contribution in [0.4, 0.5) is 5.88 Å². The van der Waals surface area contributed by atoms with Gasteiger partial charge in [-0.25, -0.2) is 8.42 Å². The van der Waals surface area contributed by atoms with Gasteiger partial charge in [-0.3, -0.25) is 14.9 Å². The molecule has 0 atom stereocenters. The molecular formula is C25H25N3O5S. The van der Waals surface area contributed by atoms with Crippen LogP contribution in [-0.2, 0) is 34.3 Å². The highest BCUT2D eigenvalue weighted by Gasteiger charge is 2.34. The average Bonchev–Trinajstić information content (AvgIpc) is 3.38. The number of hydrogen-bond donors (Lipinski definition) is 2. The van der Waals surface area contributed by atoms with E-state index in [0.717, 1.165) is 11.6 Å². The fourth-order valence-electron chi connectivity index (χ4n) is 3.80. The Hall–Kier alpha value is -3.69. The molecule has 0 saturated carbocycles. The molecule has 0 saturated heterocycles. The summed E-state index contributed by atoms with van der Waals surface area (Å²) >= 11 is 0. The predicted octanol–water partition coefficient (Wildman–Crippen LogP) is 3.39. The number of nitrogens with zero attached hydrogens (tertiary/aromatic N) is 1. The monoisotopic (exact) mass is 479 g/mol. The van der Waals surface area contributed by atoms with Gasteiger partial charge >= 0.3 is 0 Å². The van der Waals surface area contributed by atoms with Gasteiger partial charge in [0.2, 0.25) is 15.9 Å². The molecule has 4 rings (SSSR count). The van der Waals surface area contributed by atoms with Gasteiger partial charge in [-0.15, -0.1) is 0 Å². The second-order valence-electron chi connectivity index (χ2n) is 7.99. The first-order valence-corrected chi connectivity index (χ1v) is 12.2. The molecule has 3 aromatic rings. The Bertz CT molecular complexity index is 1320. The number of anilines is 1. The van der Waals surface area contributed by atoms with Gasteiger partial charge < -0.3 is 9.73 Å². The Kier molecular flexibility index (Phi) is 6.67. The van der Waals surface area contributed by atoms with Crippen molar-refractivity contribution < 1.29 is 22.4 Å². The van der Waals surface area contributed by atoms with E-state index in [4.69, 9.17) is 4.42 Å². The predicted molar refractivity (Wildman–Crippen MR) is 128 cm³/mol. The topological polar surface area (TPSA) is 109 Å². The van der Waals surface area contributed by atoms with E-state index in [1.165, 1.54) is 22.5 Å². The molecule has 8 nitrogen and oxygen atoms in total. The zero-order valence-corrected chi connectivity index (χ0v) is 19.5. The lowest BCUT2D eigenvalue weighted by Gasteiger charge is -2.17. The second-order valence-corrected chi connectivity index (χ2v) is 9.93. The number of furan rings is 1. The smallest absolute Gasteiger partial charge is 0.251 e. The Labute approximate surface area is 198 Å². The average molecular weight is 480 g/mol. The van der Waals surface area contributed by atoms with Crippen molar-refractivity contribution in [1.29, 1.82) is 0 Å². The normalized spacial score (nSPS) is 13.3. The summed E-state index contributed by atoms with van der Waals surface area (Å²) in [4.78, 5) is 24.1. The van der Waals surface area contributed by atoms with Crippen LogP contribution < -0.4 is 10.6 Å². The highest BCUT2D eigenvalue weighted by Crippen LogP contribution is 2.33. The minimum Gasteiger partial charge on any atom is -0.444 e. The zero-order valence-electron chi connectivity index (χ0n) is 18.7. The van der Waals surface area contributed by atoms with Crippen molar-refractivity contribution in [3.8, 4) is 0 Å². The van der Waals surface area contributed by atoms with E-state index in [1.54, 1.807) is 13.0 Å². The SMILES string of the molecule is C=CC(=O)Nc1cc2c(o1)CN(S(=O)(=O)c1ccc(C(=O)NCCc3ccccc3)c(C)c1)C2. The molecule has 1 aliphatic rings. The second kappa shape index (κ2) is 9.66. The highest BCUT2D eigenvalue weighted by atomic mass is 32.2. The van der Waals surface area contributed by atoms with Crippen molar-refractivity contribution >= 4 is 27.7 Å². The van der Waals surface area contributed by atoms with E-state index in [1.807, 2.05) is 30.3 Å². The van der Waals surface area contributed by atoms with Gasteiger partial charge in [-0.05, 0) is 48.7 Å². The number of sulfonamides is 1. The number of carbonyl (C=O) groups is 2. The Morgan fingerprint density at radius 2 is 1.88 bits per heavy atom. The molecule has 1 aliphatic heterocycles. The van der Waals surface area contributed by atoms with Crippen LogP contribution in [0.5, 0.6) is 0 Å². The molecule has 9 heteroatoms. The maximum absolute atomic E-state index is 13.2. The molecule has 2 aromatic carbocycles. The summed E-state index contributed by atoms with van der Waals surface area (Å²) in [6, 6.07) is 16.0. The van der Waals surface area contributed by atoms with Crippen molar-refractivity contribution in [2.24, 2.45) is 0 Å². The summed E-state index contributed by atoms with van der Waals surface area (Å²) in [5, 5.41) is 5.41. The number of rotatable bonds is 8. The minimum atomic E-state index is -3.80. The third kappa shape index (κ3) is 4.95. The van der Waals surface area contributed by atoms with Crippen LogP contribution in [0.25, 0.3) is 0 Å². The molecule has 176 valence electrons. The molecule has 0 radical (unpaired) electrons. The first-order valence-electron chi connectivity index (χ1n) is 10.8. The largest absolute Gasteiger partial charge is 0.444 e. The molecule has 0 unspecified atom stereocenters. The van der Waals surface area contributed by atoms with Crippen LogP contribution in [-0.4, -0.2) is 31.1 Å². The minimum absolute atomic E-state index is 0.0579. The van der Waals surface area contributed by atoms with Crippen LogP contribution in [0.15, 0.2) is 76.6 Å². The number of hydrogen-bond acceptors (Lipinski definition) is 5. The number of amides is 2. The van der Waals surface area contributed by atoms with E-state index >= 15 is 0 Å². The van der Waals surface area contributed by atoms with E-state index in [9.17, 15) is 18.0 Å². The van der Waals surface area contributed by atoms with E-state index in [0.29, 0.717) is 35.4 Å². The summed E-state index contributed by atoms with van der Waals surface area (Å²) in [6.45, 7) is 5.77. The molecular weight excluding hydrogens is 454 g/mol. The fourth-order valence-corrected chi connectivity index (χ4v) is 5.27. The maximum atomic E-state index is 13.2. The van der Waals surface area contributed by atoms with Crippen LogP contribution >= 0.6 is 0 Å². The molecule has 34 heavy (non-hydrogen) atoms. The summed E-state index contributed by atoms with van der Waals surface area (Å²) < 4.78 is 33.2. The van der Waals surface area contributed by atoms with Gasteiger partial charge in [0.15, 0.2) is 5.88 Å². The summed E-state index contributed by atoms with van der Waals surface area (Å²) in [5.74, 6) is 0.0860. The third-order valence-electron chi connectivity index (χ3n) is 5.62. The van der Waals surface area contributed by atoms with Gasteiger partial charge in [-0.2, -0.15) is 4.31 Å². The molecule has 1 aromatic heterocycles. The van der Waals surface area contributed by atoms with Gasteiger partial charge in [0.25, 0.3) is 5.91 Å². The van der Waals surface area contributed by atoms with E-state index < -0.39 is 15.9 Å². The Morgan fingerprint density at radius 3 is 2.56 bits per heavy atom.